The minimum Gasteiger partial charge on any atom is -0.341 e. The smallest absolute Gasteiger partial charge is 0.245 e. The van der Waals surface area contributed by atoms with Crippen molar-refractivity contribution in [2.75, 3.05) is 19.6 Å². The van der Waals surface area contributed by atoms with Crippen molar-refractivity contribution in [2.24, 2.45) is 5.92 Å². The van der Waals surface area contributed by atoms with E-state index < -0.39 is 6.04 Å². The first-order valence-electron chi connectivity index (χ1n) is 11.9. The van der Waals surface area contributed by atoms with Gasteiger partial charge in [-0.2, -0.15) is 0 Å². The van der Waals surface area contributed by atoms with Gasteiger partial charge in [-0.15, -0.1) is 0 Å². The van der Waals surface area contributed by atoms with Gasteiger partial charge in [0.15, 0.2) is 0 Å². The summed E-state index contributed by atoms with van der Waals surface area (Å²) in [7, 11) is 0. The average molecular weight is 434 g/mol. The fourth-order valence-electron chi connectivity index (χ4n) is 4.89. The van der Waals surface area contributed by atoms with Crippen molar-refractivity contribution < 1.29 is 9.59 Å². The number of benzene rings is 2. The van der Waals surface area contributed by atoms with E-state index >= 15 is 0 Å². The molecule has 2 aromatic carbocycles. The molecule has 2 fully saturated rings. The number of hydrogen-bond donors (Lipinski definition) is 1. The van der Waals surface area contributed by atoms with E-state index in [1.165, 1.54) is 0 Å². The molecule has 0 aromatic heterocycles. The first-order chi connectivity index (χ1) is 15.5. The number of carbonyl (C=O) groups excluding carboxylic acids is 2. The van der Waals surface area contributed by atoms with Crippen LogP contribution in [0, 0.1) is 5.92 Å². The van der Waals surface area contributed by atoms with E-state index in [0.29, 0.717) is 18.8 Å². The predicted octanol–water partition coefficient (Wildman–Crippen LogP) is 3.29. The third-order valence-corrected chi connectivity index (χ3v) is 6.74. The quantitative estimate of drug-likeness (QED) is 0.729. The predicted molar refractivity (Wildman–Crippen MR) is 127 cm³/mol. The SMILES string of the molecule is CC(C)CCN1CC[C@@H]2CN[C@@H](Cc3ccccc3)C(=O)N2[C@@H](Cc2ccccc2)C1=O. The molecule has 2 heterocycles. The van der Waals surface area contributed by atoms with Gasteiger partial charge < -0.3 is 15.1 Å². The lowest BCUT2D eigenvalue weighted by Gasteiger charge is -2.42. The number of fused-ring (bicyclic) bond motifs is 1. The molecule has 0 spiro atoms. The van der Waals surface area contributed by atoms with Crippen LogP contribution in [0.5, 0.6) is 0 Å². The molecule has 0 bridgehead atoms. The average Bonchev–Trinajstić information content (AvgIpc) is 2.93. The van der Waals surface area contributed by atoms with Gasteiger partial charge >= 0.3 is 0 Å². The first-order valence-corrected chi connectivity index (χ1v) is 11.9. The zero-order chi connectivity index (χ0) is 22.5. The van der Waals surface area contributed by atoms with Gasteiger partial charge in [0.1, 0.15) is 6.04 Å². The Hall–Kier alpha value is -2.66. The molecule has 32 heavy (non-hydrogen) atoms. The van der Waals surface area contributed by atoms with Crippen LogP contribution in [0.4, 0.5) is 0 Å². The molecule has 2 aliphatic rings. The summed E-state index contributed by atoms with van der Waals surface area (Å²) in [5.74, 6) is 0.704. The van der Waals surface area contributed by atoms with Gasteiger partial charge in [0.2, 0.25) is 11.8 Å². The Morgan fingerprint density at radius 1 is 0.906 bits per heavy atom. The highest BCUT2D eigenvalue weighted by Crippen LogP contribution is 2.26. The largest absolute Gasteiger partial charge is 0.341 e. The van der Waals surface area contributed by atoms with Crippen molar-refractivity contribution in [3.63, 3.8) is 0 Å². The van der Waals surface area contributed by atoms with Gasteiger partial charge in [-0.25, -0.2) is 0 Å². The zero-order valence-electron chi connectivity index (χ0n) is 19.2. The van der Waals surface area contributed by atoms with E-state index in [4.69, 9.17) is 0 Å². The number of rotatable bonds is 7. The summed E-state index contributed by atoms with van der Waals surface area (Å²) >= 11 is 0. The van der Waals surface area contributed by atoms with Crippen molar-refractivity contribution >= 4 is 11.8 Å². The van der Waals surface area contributed by atoms with Crippen molar-refractivity contribution in [1.82, 2.24) is 15.1 Å². The highest BCUT2D eigenvalue weighted by atomic mass is 16.2. The van der Waals surface area contributed by atoms with Gasteiger partial charge in [-0.05, 0) is 36.3 Å². The highest BCUT2D eigenvalue weighted by Gasteiger charge is 2.44. The standard InChI is InChI=1S/C27H35N3O2/c1-20(2)13-15-29-16-14-23-19-28-24(17-21-9-5-3-6-10-21)26(31)30(23)25(27(29)32)18-22-11-7-4-8-12-22/h3-12,20,23-25,28H,13-19H2,1-2H3/t23-,24+,25+/m1/s1. The maximum Gasteiger partial charge on any atom is 0.245 e. The molecule has 2 amide bonds. The van der Waals surface area contributed by atoms with Crippen LogP contribution in [0.2, 0.25) is 0 Å². The Labute approximate surface area is 191 Å². The molecule has 5 nitrogen and oxygen atoms in total. The molecule has 5 heteroatoms. The van der Waals surface area contributed by atoms with Crippen molar-refractivity contribution in [1.29, 1.82) is 0 Å². The number of carbonyl (C=O) groups is 2. The van der Waals surface area contributed by atoms with Crippen LogP contribution < -0.4 is 5.32 Å². The van der Waals surface area contributed by atoms with Crippen LogP contribution in [0.1, 0.15) is 37.8 Å². The van der Waals surface area contributed by atoms with Crippen LogP contribution in [0.15, 0.2) is 60.7 Å². The normalized spacial score (nSPS) is 23.9. The molecule has 0 saturated carbocycles. The molecule has 170 valence electrons. The molecule has 3 atom stereocenters. The molecule has 1 N–H and O–H groups in total. The van der Waals surface area contributed by atoms with Gasteiger partial charge in [-0.1, -0.05) is 74.5 Å². The van der Waals surface area contributed by atoms with Gasteiger partial charge in [-0.3, -0.25) is 9.59 Å². The monoisotopic (exact) mass is 433 g/mol. The van der Waals surface area contributed by atoms with Crippen molar-refractivity contribution in [3.8, 4) is 0 Å². The van der Waals surface area contributed by atoms with E-state index in [-0.39, 0.29) is 23.9 Å². The Morgan fingerprint density at radius 2 is 1.53 bits per heavy atom. The topological polar surface area (TPSA) is 52.7 Å². The summed E-state index contributed by atoms with van der Waals surface area (Å²) in [5, 5.41) is 3.49. The fourth-order valence-corrected chi connectivity index (χ4v) is 4.89. The minimum atomic E-state index is -0.440. The second-order valence-corrected chi connectivity index (χ2v) is 9.55. The van der Waals surface area contributed by atoms with Crippen molar-refractivity contribution in [2.45, 2.75) is 57.7 Å². The molecule has 0 radical (unpaired) electrons. The number of nitrogens with zero attached hydrogens (tertiary/aromatic N) is 2. The third-order valence-electron chi connectivity index (χ3n) is 6.74. The lowest BCUT2D eigenvalue weighted by molar-refractivity contribution is -0.149. The number of nitrogens with one attached hydrogen (secondary N) is 1. The number of amides is 2. The Balaban J connectivity index is 1.60. The van der Waals surface area contributed by atoms with Crippen LogP contribution in [-0.4, -0.2) is 59.4 Å². The fraction of sp³-hybridized carbons (Fsp3) is 0.481. The van der Waals surface area contributed by atoms with Gasteiger partial charge in [0, 0.05) is 32.1 Å². The lowest BCUT2D eigenvalue weighted by atomic mass is 9.96. The molecule has 2 saturated heterocycles. The molecule has 0 unspecified atom stereocenters. The lowest BCUT2D eigenvalue weighted by Crippen LogP contribution is -2.65. The van der Waals surface area contributed by atoms with Crippen molar-refractivity contribution in [3.05, 3.63) is 71.8 Å². The van der Waals surface area contributed by atoms with Crippen LogP contribution in [0.25, 0.3) is 0 Å². The van der Waals surface area contributed by atoms with Crippen LogP contribution in [0.3, 0.4) is 0 Å². The number of hydrogen-bond acceptors (Lipinski definition) is 3. The van der Waals surface area contributed by atoms with E-state index in [0.717, 1.165) is 43.6 Å². The molecule has 2 aliphatic heterocycles. The summed E-state index contributed by atoms with van der Waals surface area (Å²) in [4.78, 5) is 31.4. The van der Waals surface area contributed by atoms with E-state index in [1.54, 1.807) is 0 Å². The number of piperazine rings is 1. The second-order valence-electron chi connectivity index (χ2n) is 9.55. The Kier molecular flexibility index (Phi) is 7.26. The zero-order valence-corrected chi connectivity index (χ0v) is 19.2. The maximum absolute atomic E-state index is 13.7. The molecular weight excluding hydrogens is 398 g/mol. The second kappa shape index (κ2) is 10.3. The minimum absolute atomic E-state index is 0.0521. The summed E-state index contributed by atoms with van der Waals surface area (Å²) in [6.45, 7) is 6.59. The van der Waals surface area contributed by atoms with E-state index in [9.17, 15) is 9.59 Å². The van der Waals surface area contributed by atoms with Crippen LogP contribution >= 0.6 is 0 Å². The first kappa shape index (κ1) is 22.5. The van der Waals surface area contributed by atoms with Gasteiger partial charge in [0.05, 0.1) is 6.04 Å². The van der Waals surface area contributed by atoms with E-state index in [1.807, 2.05) is 46.2 Å². The molecule has 4 rings (SSSR count). The molecule has 2 aromatic rings. The summed E-state index contributed by atoms with van der Waals surface area (Å²) < 4.78 is 0. The molecule has 0 aliphatic carbocycles. The maximum atomic E-state index is 13.7. The Morgan fingerprint density at radius 3 is 2.16 bits per heavy atom. The highest BCUT2D eigenvalue weighted by molar-refractivity contribution is 5.91. The van der Waals surface area contributed by atoms with Crippen LogP contribution in [-0.2, 0) is 22.4 Å². The van der Waals surface area contributed by atoms with Gasteiger partial charge in [0.25, 0.3) is 0 Å². The molecular formula is C27H35N3O2. The summed E-state index contributed by atoms with van der Waals surface area (Å²) in [5.41, 5.74) is 2.23. The Bertz CT molecular complexity index is 900. The van der Waals surface area contributed by atoms with E-state index in [2.05, 4.69) is 43.4 Å². The summed E-state index contributed by atoms with van der Waals surface area (Å²) in [6, 6.07) is 19.5. The summed E-state index contributed by atoms with van der Waals surface area (Å²) in [6.07, 6.45) is 3.02. The third kappa shape index (κ3) is 5.21.